The average Bonchev–Trinajstić information content (AvgIpc) is 3.02. The summed E-state index contributed by atoms with van der Waals surface area (Å²) in [6, 6.07) is 13.9. The fraction of sp³-hybridized carbons (Fsp3) is 0.217. The van der Waals surface area contributed by atoms with Crippen LogP contribution in [0, 0.1) is 6.92 Å². The molecule has 0 radical (unpaired) electrons. The van der Waals surface area contributed by atoms with Gasteiger partial charge in [0.25, 0.3) is 11.1 Å². The number of carbonyl (C=O) groups excluding carboxylic acids is 4. The van der Waals surface area contributed by atoms with E-state index < -0.39 is 23.0 Å². The fourth-order valence-corrected chi connectivity index (χ4v) is 3.61. The van der Waals surface area contributed by atoms with Gasteiger partial charge < -0.3 is 14.8 Å². The average molecular weight is 455 g/mol. The van der Waals surface area contributed by atoms with E-state index in [2.05, 4.69) is 5.32 Å². The number of esters is 1. The summed E-state index contributed by atoms with van der Waals surface area (Å²) in [4.78, 5) is 49.6. The first-order valence-corrected chi connectivity index (χ1v) is 10.7. The molecule has 0 aliphatic carbocycles. The quantitative estimate of drug-likeness (QED) is 0.480. The largest absolute Gasteiger partial charge is 0.482 e. The predicted molar refractivity (Wildman–Crippen MR) is 121 cm³/mol. The first kappa shape index (κ1) is 23.1. The summed E-state index contributed by atoms with van der Waals surface area (Å²) in [7, 11) is 0. The first-order chi connectivity index (χ1) is 15.4. The molecular formula is C23H22N2O6S. The zero-order valence-corrected chi connectivity index (χ0v) is 18.4. The van der Waals surface area contributed by atoms with Gasteiger partial charge in [-0.2, -0.15) is 0 Å². The van der Waals surface area contributed by atoms with Crippen molar-refractivity contribution in [1.29, 1.82) is 0 Å². The molecule has 8 nitrogen and oxygen atoms in total. The number of hydrogen-bond donors (Lipinski definition) is 1. The Morgan fingerprint density at radius 1 is 1.06 bits per heavy atom. The number of aryl methyl sites for hydroxylation is 1. The number of imide groups is 1. The van der Waals surface area contributed by atoms with Gasteiger partial charge in [0.05, 0.1) is 11.5 Å². The zero-order chi connectivity index (χ0) is 23.1. The van der Waals surface area contributed by atoms with Gasteiger partial charge >= 0.3 is 5.97 Å². The second-order valence-electron chi connectivity index (χ2n) is 6.84. The van der Waals surface area contributed by atoms with Gasteiger partial charge in [0.2, 0.25) is 5.91 Å². The number of nitrogens with one attached hydrogen (secondary N) is 1. The third-order valence-electron chi connectivity index (χ3n) is 4.35. The molecular weight excluding hydrogens is 432 g/mol. The van der Waals surface area contributed by atoms with Gasteiger partial charge in [-0.25, -0.2) is 4.79 Å². The topological polar surface area (TPSA) is 102 Å². The zero-order valence-electron chi connectivity index (χ0n) is 17.6. The van der Waals surface area contributed by atoms with Crippen LogP contribution in [-0.4, -0.2) is 47.7 Å². The van der Waals surface area contributed by atoms with Gasteiger partial charge in [-0.3, -0.25) is 19.3 Å². The number of rotatable bonds is 8. The van der Waals surface area contributed by atoms with E-state index in [9.17, 15) is 19.2 Å². The molecule has 0 saturated carbocycles. The van der Waals surface area contributed by atoms with Crippen molar-refractivity contribution >= 4 is 46.5 Å². The minimum absolute atomic E-state index is 0.198. The van der Waals surface area contributed by atoms with Gasteiger partial charge in [0.1, 0.15) is 12.3 Å². The molecule has 1 heterocycles. The Kier molecular flexibility index (Phi) is 7.67. The molecule has 0 bridgehead atoms. The van der Waals surface area contributed by atoms with Gasteiger partial charge in [0.15, 0.2) is 6.61 Å². The molecule has 0 unspecified atom stereocenters. The predicted octanol–water partition coefficient (Wildman–Crippen LogP) is 3.61. The van der Waals surface area contributed by atoms with Crippen LogP contribution in [0.3, 0.4) is 0 Å². The molecule has 32 heavy (non-hydrogen) atoms. The van der Waals surface area contributed by atoms with Crippen LogP contribution in [0.2, 0.25) is 0 Å². The Bertz CT molecular complexity index is 1050. The van der Waals surface area contributed by atoms with Crippen molar-refractivity contribution < 1.29 is 28.7 Å². The van der Waals surface area contributed by atoms with Gasteiger partial charge in [0, 0.05) is 5.69 Å². The van der Waals surface area contributed by atoms with Crippen LogP contribution in [-0.2, 0) is 19.1 Å². The minimum Gasteiger partial charge on any atom is -0.482 e. The molecule has 1 saturated heterocycles. The molecule has 3 amide bonds. The van der Waals surface area contributed by atoms with Crippen LogP contribution >= 0.6 is 11.8 Å². The molecule has 1 aliphatic heterocycles. The number of hydrogen-bond acceptors (Lipinski definition) is 7. The molecule has 0 aromatic heterocycles. The van der Waals surface area contributed by atoms with Crippen molar-refractivity contribution in [1.82, 2.24) is 4.90 Å². The molecule has 2 aromatic carbocycles. The number of nitrogens with zero attached hydrogens (tertiary/aromatic N) is 1. The van der Waals surface area contributed by atoms with Crippen molar-refractivity contribution in [3.8, 4) is 5.75 Å². The third-order valence-corrected chi connectivity index (χ3v) is 5.26. The highest BCUT2D eigenvalue weighted by Gasteiger charge is 2.36. The summed E-state index contributed by atoms with van der Waals surface area (Å²) in [5, 5.41) is 2.17. The lowest BCUT2D eigenvalue weighted by Crippen LogP contribution is -2.36. The number of ether oxygens (including phenoxy) is 2. The van der Waals surface area contributed by atoms with Crippen molar-refractivity contribution in [3.05, 3.63) is 64.6 Å². The van der Waals surface area contributed by atoms with E-state index in [-0.39, 0.29) is 24.7 Å². The normalized spacial score (nSPS) is 14.6. The summed E-state index contributed by atoms with van der Waals surface area (Å²) in [6.45, 7) is 3.37. The molecule has 1 fully saturated rings. The second-order valence-corrected chi connectivity index (χ2v) is 7.84. The summed E-state index contributed by atoms with van der Waals surface area (Å²) in [5.74, 6) is -0.977. The monoisotopic (exact) mass is 454 g/mol. The number of thioether (sulfide) groups is 1. The van der Waals surface area contributed by atoms with E-state index >= 15 is 0 Å². The first-order valence-electron chi connectivity index (χ1n) is 9.86. The molecule has 0 spiro atoms. The van der Waals surface area contributed by atoms with E-state index in [1.165, 1.54) is 0 Å². The summed E-state index contributed by atoms with van der Waals surface area (Å²) < 4.78 is 10.1. The van der Waals surface area contributed by atoms with Crippen LogP contribution in [0.15, 0.2) is 53.4 Å². The Hall–Kier alpha value is -3.59. The Balaban J connectivity index is 1.59. The van der Waals surface area contributed by atoms with E-state index in [4.69, 9.17) is 9.47 Å². The second kappa shape index (κ2) is 10.6. The molecule has 1 aliphatic rings. The van der Waals surface area contributed by atoms with Crippen molar-refractivity contribution in [2.75, 3.05) is 25.1 Å². The van der Waals surface area contributed by atoms with Crippen LogP contribution in [0.5, 0.6) is 5.75 Å². The molecule has 9 heteroatoms. The van der Waals surface area contributed by atoms with E-state index in [0.29, 0.717) is 17.0 Å². The molecule has 166 valence electrons. The minimum atomic E-state index is -0.526. The molecule has 1 N–H and O–H groups in total. The Morgan fingerprint density at radius 3 is 2.41 bits per heavy atom. The Labute approximate surface area is 189 Å². The Morgan fingerprint density at radius 2 is 1.75 bits per heavy atom. The number of benzene rings is 2. The maximum Gasteiger partial charge on any atom is 0.344 e. The lowest BCUT2D eigenvalue weighted by Gasteiger charge is -2.12. The summed E-state index contributed by atoms with van der Waals surface area (Å²) in [6.07, 6.45) is 1.57. The summed E-state index contributed by atoms with van der Waals surface area (Å²) in [5.41, 5.74) is 2.31. The highest BCUT2D eigenvalue weighted by molar-refractivity contribution is 8.18. The van der Waals surface area contributed by atoms with E-state index in [1.807, 2.05) is 19.1 Å². The van der Waals surface area contributed by atoms with Crippen LogP contribution < -0.4 is 10.1 Å². The third kappa shape index (κ3) is 6.21. The number of anilines is 1. The van der Waals surface area contributed by atoms with Crippen molar-refractivity contribution in [2.24, 2.45) is 0 Å². The van der Waals surface area contributed by atoms with Crippen LogP contribution in [0.25, 0.3) is 6.08 Å². The number of amides is 3. The molecule has 2 aromatic rings. The van der Waals surface area contributed by atoms with E-state index in [0.717, 1.165) is 22.2 Å². The van der Waals surface area contributed by atoms with Gasteiger partial charge in [-0.15, -0.1) is 0 Å². The molecule has 0 atom stereocenters. The highest BCUT2D eigenvalue weighted by Crippen LogP contribution is 2.32. The maximum atomic E-state index is 12.6. The van der Waals surface area contributed by atoms with Gasteiger partial charge in [-0.05, 0) is 61.5 Å². The van der Waals surface area contributed by atoms with Crippen molar-refractivity contribution in [2.45, 2.75) is 13.8 Å². The highest BCUT2D eigenvalue weighted by atomic mass is 32.2. The molecule has 3 rings (SSSR count). The fourth-order valence-electron chi connectivity index (χ4n) is 2.77. The van der Waals surface area contributed by atoms with Crippen molar-refractivity contribution in [3.63, 3.8) is 0 Å². The van der Waals surface area contributed by atoms with Gasteiger partial charge in [-0.1, -0.05) is 29.8 Å². The standard InChI is InChI=1S/C23H22N2O6S/c1-3-30-21(27)14-31-18-10-6-16(7-11-18)12-19-22(28)25(23(29)32-19)13-20(26)24-17-8-4-15(2)5-9-17/h4-12H,3,13-14H2,1-2H3,(H,24,26)/b19-12+. The van der Waals surface area contributed by atoms with Crippen LogP contribution in [0.4, 0.5) is 10.5 Å². The smallest absolute Gasteiger partial charge is 0.344 e. The lowest BCUT2D eigenvalue weighted by molar-refractivity contribution is -0.145. The lowest BCUT2D eigenvalue weighted by atomic mass is 10.2. The van der Waals surface area contributed by atoms with E-state index in [1.54, 1.807) is 49.4 Å². The SMILES string of the molecule is CCOC(=O)COc1ccc(/C=C2/SC(=O)N(CC(=O)Nc3ccc(C)cc3)C2=O)cc1. The summed E-state index contributed by atoms with van der Waals surface area (Å²) >= 11 is 0.777. The maximum absolute atomic E-state index is 12.6. The number of carbonyl (C=O) groups is 4. The van der Waals surface area contributed by atoms with Crippen LogP contribution in [0.1, 0.15) is 18.1 Å².